The third kappa shape index (κ3) is 2.92. The van der Waals surface area contributed by atoms with E-state index >= 15 is 0 Å². The Labute approximate surface area is 104 Å². The van der Waals surface area contributed by atoms with Crippen LogP contribution in [-0.2, 0) is 11.3 Å². The van der Waals surface area contributed by atoms with Crippen LogP contribution in [0.5, 0.6) is 0 Å². The Bertz CT molecular complexity index is 547. The van der Waals surface area contributed by atoms with Gasteiger partial charge < -0.3 is 15.8 Å². The SMILES string of the molecule is COCc1cccc(Nc2nc(N)ncc2F)c1. The Kier molecular flexibility index (Phi) is 3.69. The van der Waals surface area contributed by atoms with Gasteiger partial charge in [-0.1, -0.05) is 12.1 Å². The summed E-state index contributed by atoms with van der Waals surface area (Å²) in [6.07, 6.45) is 1.03. The van der Waals surface area contributed by atoms with Crippen LogP contribution in [0.3, 0.4) is 0 Å². The highest BCUT2D eigenvalue weighted by molar-refractivity contribution is 5.58. The minimum atomic E-state index is -0.554. The van der Waals surface area contributed by atoms with Crippen LogP contribution < -0.4 is 11.1 Å². The van der Waals surface area contributed by atoms with Gasteiger partial charge in [-0.2, -0.15) is 4.98 Å². The lowest BCUT2D eigenvalue weighted by molar-refractivity contribution is 0.185. The topological polar surface area (TPSA) is 73.1 Å². The average Bonchev–Trinajstić information content (AvgIpc) is 2.35. The normalized spacial score (nSPS) is 10.3. The van der Waals surface area contributed by atoms with Gasteiger partial charge in [0.25, 0.3) is 0 Å². The van der Waals surface area contributed by atoms with E-state index in [1.165, 1.54) is 0 Å². The van der Waals surface area contributed by atoms with Crippen molar-refractivity contribution in [2.24, 2.45) is 0 Å². The van der Waals surface area contributed by atoms with E-state index in [2.05, 4.69) is 15.3 Å². The Morgan fingerprint density at radius 1 is 1.44 bits per heavy atom. The summed E-state index contributed by atoms with van der Waals surface area (Å²) in [6.45, 7) is 0.490. The zero-order valence-electron chi connectivity index (χ0n) is 9.85. The quantitative estimate of drug-likeness (QED) is 0.866. The number of hydrogen-bond donors (Lipinski definition) is 2. The highest BCUT2D eigenvalue weighted by atomic mass is 19.1. The summed E-state index contributed by atoms with van der Waals surface area (Å²) in [6, 6.07) is 7.41. The summed E-state index contributed by atoms with van der Waals surface area (Å²) in [7, 11) is 1.62. The predicted molar refractivity (Wildman–Crippen MR) is 66.8 cm³/mol. The molecule has 2 rings (SSSR count). The van der Waals surface area contributed by atoms with E-state index in [1.807, 2.05) is 18.2 Å². The number of aromatic nitrogens is 2. The number of methoxy groups -OCH3 is 1. The fourth-order valence-electron chi connectivity index (χ4n) is 1.51. The fourth-order valence-corrected chi connectivity index (χ4v) is 1.51. The van der Waals surface area contributed by atoms with Crippen LogP contribution in [-0.4, -0.2) is 17.1 Å². The molecule has 0 unspecified atom stereocenters. The van der Waals surface area contributed by atoms with Gasteiger partial charge in [0.2, 0.25) is 5.95 Å². The van der Waals surface area contributed by atoms with Crippen LogP contribution in [0.4, 0.5) is 21.8 Å². The van der Waals surface area contributed by atoms with Crippen molar-refractivity contribution in [2.45, 2.75) is 6.61 Å². The lowest BCUT2D eigenvalue weighted by Crippen LogP contribution is -2.02. The van der Waals surface area contributed by atoms with Gasteiger partial charge in [0.15, 0.2) is 11.6 Å². The van der Waals surface area contributed by atoms with Crippen LogP contribution in [0.25, 0.3) is 0 Å². The molecule has 0 amide bonds. The maximum absolute atomic E-state index is 13.4. The van der Waals surface area contributed by atoms with Crippen molar-refractivity contribution >= 4 is 17.5 Å². The standard InChI is InChI=1S/C12H13FN4O/c1-18-7-8-3-2-4-9(5-8)16-11-10(13)6-15-12(14)17-11/h2-6H,7H2,1H3,(H3,14,15,16,17). The van der Waals surface area contributed by atoms with E-state index in [0.717, 1.165) is 11.8 Å². The molecular formula is C12H13FN4O. The first kappa shape index (κ1) is 12.3. The zero-order chi connectivity index (χ0) is 13.0. The number of rotatable bonds is 4. The second kappa shape index (κ2) is 5.42. The lowest BCUT2D eigenvalue weighted by Gasteiger charge is -2.08. The lowest BCUT2D eigenvalue weighted by atomic mass is 10.2. The van der Waals surface area contributed by atoms with Gasteiger partial charge in [-0.15, -0.1) is 0 Å². The van der Waals surface area contributed by atoms with Crippen LogP contribution in [0, 0.1) is 5.82 Å². The van der Waals surface area contributed by atoms with Crippen LogP contribution in [0.1, 0.15) is 5.56 Å². The molecule has 3 N–H and O–H groups in total. The van der Waals surface area contributed by atoms with Gasteiger partial charge in [0, 0.05) is 12.8 Å². The van der Waals surface area contributed by atoms with Crippen molar-refractivity contribution in [1.29, 1.82) is 0 Å². The zero-order valence-corrected chi connectivity index (χ0v) is 9.85. The van der Waals surface area contributed by atoms with Crippen LogP contribution in [0.15, 0.2) is 30.5 Å². The molecule has 2 aromatic rings. The molecule has 1 aromatic heterocycles. The number of anilines is 3. The summed E-state index contributed by atoms with van der Waals surface area (Å²) in [5.41, 5.74) is 7.10. The summed E-state index contributed by atoms with van der Waals surface area (Å²) < 4.78 is 18.5. The number of halogens is 1. The highest BCUT2D eigenvalue weighted by Crippen LogP contribution is 2.19. The molecule has 6 heteroatoms. The maximum Gasteiger partial charge on any atom is 0.222 e. The molecule has 0 saturated heterocycles. The molecule has 18 heavy (non-hydrogen) atoms. The predicted octanol–water partition coefficient (Wildman–Crippen LogP) is 2.09. The third-order valence-electron chi connectivity index (χ3n) is 2.26. The van der Waals surface area contributed by atoms with E-state index in [9.17, 15) is 4.39 Å². The average molecular weight is 248 g/mol. The first-order valence-corrected chi connectivity index (χ1v) is 5.32. The minimum Gasteiger partial charge on any atom is -0.380 e. The fraction of sp³-hybridized carbons (Fsp3) is 0.167. The largest absolute Gasteiger partial charge is 0.380 e. The smallest absolute Gasteiger partial charge is 0.222 e. The summed E-state index contributed by atoms with van der Waals surface area (Å²) in [5.74, 6) is -0.481. The Balaban J connectivity index is 2.22. The Morgan fingerprint density at radius 2 is 2.28 bits per heavy atom. The van der Waals surface area contributed by atoms with Gasteiger partial charge in [-0.3, -0.25) is 0 Å². The van der Waals surface area contributed by atoms with E-state index in [-0.39, 0.29) is 11.8 Å². The van der Waals surface area contributed by atoms with Gasteiger partial charge in [-0.25, -0.2) is 9.37 Å². The number of benzene rings is 1. The van der Waals surface area contributed by atoms with Gasteiger partial charge in [0.1, 0.15) is 0 Å². The van der Waals surface area contributed by atoms with Crippen LogP contribution in [0.2, 0.25) is 0 Å². The van der Waals surface area contributed by atoms with Gasteiger partial charge in [-0.05, 0) is 17.7 Å². The molecule has 1 aromatic carbocycles. The van der Waals surface area contributed by atoms with Gasteiger partial charge >= 0.3 is 0 Å². The molecule has 0 fully saturated rings. The molecule has 0 aliphatic carbocycles. The molecule has 1 heterocycles. The number of nitrogen functional groups attached to an aromatic ring is 1. The highest BCUT2D eigenvalue weighted by Gasteiger charge is 2.06. The summed E-state index contributed by atoms with van der Waals surface area (Å²) >= 11 is 0. The molecule has 0 bridgehead atoms. The monoisotopic (exact) mass is 248 g/mol. The molecule has 0 atom stereocenters. The second-order valence-electron chi connectivity index (χ2n) is 3.68. The van der Waals surface area contributed by atoms with E-state index in [0.29, 0.717) is 12.3 Å². The van der Waals surface area contributed by atoms with Crippen molar-refractivity contribution < 1.29 is 9.13 Å². The molecule has 0 aliphatic rings. The molecule has 94 valence electrons. The van der Waals surface area contributed by atoms with Crippen molar-refractivity contribution in [1.82, 2.24) is 9.97 Å². The van der Waals surface area contributed by atoms with Crippen molar-refractivity contribution in [3.05, 3.63) is 41.8 Å². The van der Waals surface area contributed by atoms with Gasteiger partial charge in [0.05, 0.1) is 12.8 Å². The van der Waals surface area contributed by atoms with E-state index in [1.54, 1.807) is 13.2 Å². The van der Waals surface area contributed by atoms with Crippen molar-refractivity contribution in [3.63, 3.8) is 0 Å². The Hall–Kier alpha value is -2.21. The Morgan fingerprint density at radius 3 is 3.06 bits per heavy atom. The minimum absolute atomic E-state index is 0.0203. The number of nitrogens with two attached hydrogens (primary N) is 1. The van der Waals surface area contributed by atoms with Crippen molar-refractivity contribution in [3.8, 4) is 0 Å². The molecular weight excluding hydrogens is 235 g/mol. The number of ether oxygens (including phenoxy) is 1. The first-order valence-electron chi connectivity index (χ1n) is 5.32. The summed E-state index contributed by atoms with van der Waals surface area (Å²) in [5, 5.41) is 2.85. The van der Waals surface area contributed by atoms with Crippen LogP contribution >= 0.6 is 0 Å². The molecule has 0 spiro atoms. The maximum atomic E-state index is 13.4. The van der Waals surface area contributed by atoms with E-state index in [4.69, 9.17) is 10.5 Å². The van der Waals surface area contributed by atoms with E-state index < -0.39 is 5.82 Å². The third-order valence-corrected chi connectivity index (χ3v) is 2.26. The van der Waals surface area contributed by atoms with Crippen molar-refractivity contribution in [2.75, 3.05) is 18.2 Å². The molecule has 0 aliphatic heterocycles. The number of nitrogens with one attached hydrogen (secondary N) is 1. The number of nitrogens with zero attached hydrogens (tertiary/aromatic N) is 2. The molecule has 5 nitrogen and oxygen atoms in total. The molecule has 0 radical (unpaired) electrons. The second-order valence-corrected chi connectivity index (χ2v) is 3.68. The summed E-state index contributed by atoms with van der Waals surface area (Å²) in [4.78, 5) is 7.35. The molecule has 0 saturated carbocycles. The first-order chi connectivity index (χ1) is 8.69. The number of hydrogen-bond acceptors (Lipinski definition) is 5.